The first-order valence-electron chi connectivity index (χ1n) is 6.19. The van der Waals surface area contributed by atoms with Crippen LogP contribution in [0.15, 0.2) is 12.5 Å². The van der Waals surface area contributed by atoms with Crippen molar-refractivity contribution in [2.24, 2.45) is 0 Å². The van der Waals surface area contributed by atoms with Crippen LogP contribution in [0.2, 0.25) is 0 Å². The average Bonchev–Trinajstić information content (AvgIpc) is 2.81. The van der Waals surface area contributed by atoms with Crippen LogP contribution in [0.3, 0.4) is 0 Å². The predicted molar refractivity (Wildman–Crippen MR) is 72.0 cm³/mol. The molecule has 7 nitrogen and oxygen atoms in total. The van der Waals surface area contributed by atoms with Gasteiger partial charge in [0.25, 0.3) is 0 Å². The maximum Gasteiger partial charge on any atom is 0.237 e. The molecule has 0 bridgehead atoms. The van der Waals surface area contributed by atoms with Gasteiger partial charge in [-0.15, -0.1) is 0 Å². The number of hydrogen-bond donors (Lipinski definition) is 3. The Hall–Kier alpha value is -1.41. The number of nitrogens with one attached hydrogen (secondary N) is 3. The first-order valence-corrected chi connectivity index (χ1v) is 7.85. The topological polar surface area (TPSA) is 104 Å². The van der Waals surface area contributed by atoms with Crippen molar-refractivity contribution >= 4 is 15.9 Å². The van der Waals surface area contributed by atoms with Crippen LogP contribution >= 0.6 is 0 Å². The standard InChI is InChI=1S/C11H20N4O3S/c1-3-6-19(17,18)15-9(2)11(16)13-5-4-10-7-12-8-14-10/h7-9,15H,3-6H2,1-2H3,(H,12,14)(H,13,16). The zero-order chi connectivity index (χ0) is 14.3. The molecule has 1 rings (SSSR count). The van der Waals surface area contributed by atoms with E-state index in [9.17, 15) is 13.2 Å². The molecule has 3 N–H and O–H groups in total. The summed E-state index contributed by atoms with van der Waals surface area (Å²) < 4.78 is 25.3. The van der Waals surface area contributed by atoms with Crippen LogP contribution in [0.25, 0.3) is 0 Å². The van der Waals surface area contributed by atoms with E-state index in [0.29, 0.717) is 19.4 Å². The van der Waals surface area contributed by atoms with Crippen molar-refractivity contribution in [1.29, 1.82) is 0 Å². The van der Waals surface area contributed by atoms with Gasteiger partial charge in [-0.05, 0) is 13.3 Å². The summed E-state index contributed by atoms with van der Waals surface area (Å²) in [5, 5.41) is 2.67. The molecule has 0 aliphatic carbocycles. The molecule has 108 valence electrons. The quantitative estimate of drug-likeness (QED) is 0.615. The molecule has 0 saturated heterocycles. The number of hydrogen-bond acceptors (Lipinski definition) is 4. The molecule has 0 saturated carbocycles. The van der Waals surface area contributed by atoms with Crippen molar-refractivity contribution in [3.8, 4) is 0 Å². The van der Waals surface area contributed by atoms with Gasteiger partial charge in [0.2, 0.25) is 15.9 Å². The Balaban J connectivity index is 2.32. The summed E-state index contributed by atoms with van der Waals surface area (Å²) in [5.41, 5.74) is 0.916. The Bertz CT molecular complexity index is 484. The summed E-state index contributed by atoms with van der Waals surface area (Å²) in [7, 11) is -3.37. The maximum atomic E-state index is 11.7. The first kappa shape index (κ1) is 15.6. The minimum absolute atomic E-state index is 0.0266. The molecule has 0 aromatic carbocycles. The van der Waals surface area contributed by atoms with E-state index >= 15 is 0 Å². The van der Waals surface area contributed by atoms with E-state index in [-0.39, 0.29) is 11.7 Å². The second-order valence-corrected chi connectivity index (χ2v) is 6.15. The highest BCUT2D eigenvalue weighted by Crippen LogP contribution is 1.94. The van der Waals surface area contributed by atoms with E-state index in [0.717, 1.165) is 5.69 Å². The van der Waals surface area contributed by atoms with Crippen LogP contribution in [0, 0.1) is 0 Å². The fraction of sp³-hybridized carbons (Fsp3) is 0.636. The van der Waals surface area contributed by atoms with Gasteiger partial charge in [0.15, 0.2) is 0 Å². The Morgan fingerprint density at radius 3 is 2.84 bits per heavy atom. The highest BCUT2D eigenvalue weighted by atomic mass is 32.2. The van der Waals surface area contributed by atoms with Gasteiger partial charge >= 0.3 is 0 Å². The van der Waals surface area contributed by atoms with Crippen LogP contribution in [0.5, 0.6) is 0 Å². The van der Waals surface area contributed by atoms with Crippen molar-refractivity contribution in [3.05, 3.63) is 18.2 Å². The highest BCUT2D eigenvalue weighted by molar-refractivity contribution is 7.89. The lowest BCUT2D eigenvalue weighted by atomic mass is 10.3. The fourth-order valence-electron chi connectivity index (χ4n) is 1.55. The number of rotatable bonds is 8. The van der Waals surface area contributed by atoms with E-state index in [2.05, 4.69) is 20.0 Å². The molecule has 19 heavy (non-hydrogen) atoms. The van der Waals surface area contributed by atoms with E-state index in [1.165, 1.54) is 6.92 Å². The molecule has 1 heterocycles. The summed E-state index contributed by atoms with van der Waals surface area (Å²) in [5.74, 6) is -0.308. The molecular weight excluding hydrogens is 268 g/mol. The summed E-state index contributed by atoms with van der Waals surface area (Å²) in [4.78, 5) is 18.5. The number of aromatic amines is 1. The normalized spacial score (nSPS) is 13.2. The van der Waals surface area contributed by atoms with Crippen molar-refractivity contribution in [2.45, 2.75) is 32.7 Å². The molecule has 0 spiro atoms. The fourth-order valence-corrected chi connectivity index (χ4v) is 2.85. The van der Waals surface area contributed by atoms with Gasteiger partial charge in [-0.3, -0.25) is 4.79 Å². The number of imidazole rings is 1. The van der Waals surface area contributed by atoms with Crippen molar-refractivity contribution in [1.82, 2.24) is 20.0 Å². The average molecular weight is 288 g/mol. The Morgan fingerprint density at radius 2 is 2.26 bits per heavy atom. The molecule has 1 aromatic rings. The van der Waals surface area contributed by atoms with Gasteiger partial charge in [-0.1, -0.05) is 6.92 Å². The molecule has 1 amide bonds. The number of H-pyrrole nitrogens is 1. The van der Waals surface area contributed by atoms with E-state index < -0.39 is 16.1 Å². The van der Waals surface area contributed by atoms with Crippen molar-refractivity contribution in [3.63, 3.8) is 0 Å². The molecule has 1 aromatic heterocycles. The Kier molecular flexibility index (Phi) is 5.97. The van der Waals surface area contributed by atoms with Crippen molar-refractivity contribution in [2.75, 3.05) is 12.3 Å². The van der Waals surface area contributed by atoms with Crippen LogP contribution in [-0.4, -0.2) is 42.6 Å². The van der Waals surface area contributed by atoms with E-state index in [1.807, 2.05) is 0 Å². The number of aromatic nitrogens is 2. The molecule has 0 fully saturated rings. The van der Waals surface area contributed by atoms with Crippen LogP contribution in [0.1, 0.15) is 26.0 Å². The lowest BCUT2D eigenvalue weighted by Gasteiger charge is -2.13. The number of carbonyl (C=O) groups excluding carboxylic acids is 1. The predicted octanol–water partition coefficient (Wildman–Crippen LogP) is -0.214. The second-order valence-electron chi connectivity index (χ2n) is 4.28. The smallest absolute Gasteiger partial charge is 0.237 e. The van der Waals surface area contributed by atoms with Gasteiger partial charge in [-0.2, -0.15) is 0 Å². The van der Waals surface area contributed by atoms with E-state index in [1.54, 1.807) is 19.4 Å². The zero-order valence-corrected chi connectivity index (χ0v) is 12.0. The molecule has 0 aliphatic heterocycles. The molecular formula is C11H20N4O3S. The largest absolute Gasteiger partial charge is 0.354 e. The van der Waals surface area contributed by atoms with Crippen molar-refractivity contribution < 1.29 is 13.2 Å². The van der Waals surface area contributed by atoms with Gasteiger partial charge in [0.1, 0.15) is 0 Å². The molecule has 1 unspecified atom stereocenters. The number of amides is 1. The van der Waals surface area contributed by atoms with Gasteiger partial charge < -0.3 is 10.3 Å². The number of nitrogens with zero attached hydrogens (tertiary/aromatic N) is 1. The number of sulfonamides is 1. The lowest BCUT2D eigenvalue weighted by Crippen LogP contribution is -2.45. The first-order chi connectivity index (χ1) is 8.94. The summed E-state index contributed by atoms with van der Waals surface area (Å²) >= 11 is 0. The molecule has 0 radical (unpaired) electrons. The summed E-state index contributed by atoms with van der Waals surface area (Å²) in [6.07, 6.45) is 4.39. The second kappa shape index (κ2) is 7.25. The minimum Gasteiger partial charge on any atom is -0.354 e. The van der Waals surface area contributed by atoms with Crippen LogP contribution < -0.4 is 10.0 Å². The third kappa shape index (κ3) is 5.84. The van der Waals surface area contributed by atoms with Gasteiger partial charge in [0.05, 0.1) is 18.1 Å². The number of carbonyl (C=O) groups is 1. The lowest BCUT2D eigenvalue weighted by molar-refractivity contribution is -0.122. The van der Waals surface area contributed by atoms with E-state index in [4.69, 9.17) is 0 Å². The van der Waals surface area contributed by atoms with Crippen LogP contribution in [-0.2, 0) is 21.2 Å². The third-order valence-electron chi connectivity index (χ3n) is 2.47. The van der Waals surface area contributed by atoms with Gasteiger partial charge in [0, 0.05) is 24.9 Å². The maximum absolute atomic E-state index is 11.7. The highest BCUT2D eigenvalue weighted by Gasteiger charge is 2.18. The van der Waals surface area contributed by atoms with Gasteiger partial charge in [-0.25, -0.2) is 18.1 Å². The SMILES string of the molecule is CCCS(=O)(=O)NC(C)C(=O)NCCc1cnc[nH]1. The minimum atomic E-state index is -3.37. The Labute approximate surface area is 113 Å². The molecule has 0 aliphatic rings. The Morgan fingerprint density at radius 1 is 1.53 bits per heavy atom. The summed E-state index contributed by atoms with van der Waals surface area (Å²) in [6, 6.07) is -0.765. The van der Waals surface area contributed by atoms with Crippen LogP contribution in [0.4, 0.5) is 0 Å². The zero-order valence-electron chi connectivity index (χ0n) is 11.1. The monoisotopic (exact) mass is 288 g/mol. The molecule has 1 atom stereocenters. The third-order valence-corrected chi connectivity index (χ3v) is 4.13. The summed E-state index contributed by atoms with van der Waals surface area (Å²) in [6.45, 7) is 3.73. The molecule has 8 heteroatoms.